The van der Waals surface area contributed by atoms with Gasteiger partial charge in [-0.3, -0.25) is 9.59 Å². The zero-order valence-corrected chi connectivity index (χ0v) is 16.1. The van der Waals surface area contributed by atoms with E-state index in [4.69, 9.17) is 0 Å². The fourth-order valence-corrected chi connectivity index (χ4v) is 5.39. The summed E-state index contributed by atoms with van der Waals surface area (Å²) in [6.07, 6.45) is 2.80. The van der Waals surface area contributed by atoms with E-state index in [1.807, 2.05) is 12.3 Å². The molecule has 25 heavy (non-hydrogen) atoms. The van der Waals surface area contributed by atoms with Crippen molar-refractivity contribution >= 4 is 33.4 Å². The van der Waals surface area contributed by atoms with Gasteiger partial charge in [0, 0.05) is 5.56 Å². The van der Waals surface area contributed by atoms with Crippen LogP contribution in [-0.4, -0.2) is 55.3 Å². The summed E-state index contributed by atoms with van der Waals surface area (Å²) in [7, 11) is -3.11. The van der Waals surface area contributed by atoms with E-state index in [0.29, 0.717) is 24.2 Å². The van der Waals surface area contributed by atoms with E-state index >= 15 is 0 Å². The first-order valence-corrected chi connectivity index (χ1v) is 11.3. The smallest absolute Gasteiger partial charge is 0.251 e. The second-order valence-electron chi connectivity index (χ2n) is 6.57. The van der Waals surface area contributed by atoms with Crippen molar-refractivity contribution in [2.24, 2.45) is 0 Å². The number of thioether (sulfide) groups is 1. The summed E-state index contributed by atoms with van der Waals surface area (Å²) in [6, 6.07) is 8.01. The van der Waals surface area contributed by atoms with Crippen LogP contribution in [0.1, 0.15) is 30.1 Å². The Morgan fingerprint density at radius 1 is 1.28 bits per heavy atom. The fraction of sp³-hybridized carbons (Fsp3) is 0.529. The Morgan fingerprint density at radius 2 is 1.96 bits per heavy atom. The third-order valence-corrected chi connectivity index (χ3v) is 6.74. The third kappa shape index (κ3) is 5.74. The maximum atomic E-state index is 12.7. The molecule has 0 radical (unpaired) electrons. The molecule has 0 bridgehead atoms. The molecule has 1 saturated heterocycles. The van der Waals surface area contributed by atoms with Crippen LogP contribution < -0.4 is 10.6 Å². The lowest BCUT2D eigenvalue weighted by Crippen LogP contribution is -2.55. The summed E-state index contributed by atoms with van der Waals surface area (Å²) < 4.78 is 23.4. The molecule has 1 aliphatic heterocycles. The second-order valence-corrected chi connectivity index (χ2v) is 9.74. The highest BCUT2D eigenvalue weighted by Gasteiger charge is 2.40. The van der Waals surface area contributed by atoms with Gasteiger partial charge in [-0.05, 0) is 43.9 Å². The number of carbonyl (C=O) groups is 2. The quantitative estimate of drug-likeness (QED) is 0.738. The lowest BCUT2D eigenvalue weighted by atomic mass is 10.0. The number of nitrogens with one attached hydrogen (secondary N) is 2. The lowest BCUT2D eigenvalue weighted by molar-refractivity contribution is -0.124. The van der Waals surface area contributed by atoms with Gasteiger partial charge in [0.1, 0.15) is 6.04 Å². The molecule has 1 aromatic carbocycles. The summed E-state index contributed by atoms with van der Waals surface area (Å²) in [5.41, 5.74) is -0.288. The van der Waals surface area contributed by atoms with Gasteiger partial charge in [-0.1, -0.05) is 18.2 Å². The van der Waals surface area contributed by atoms with Gasteiger partial charge in [0.05, 0.1) is 17.0 Å². The Labute approximate surface area is 153 Å². The van der Waals surface area contributed by atoms with Gasteiger partial charge in [0.25, 0.3) is 5.91 Å². The predicted octanol–water partition coefficient (Wildman–Crippen LogP) is 1.23. The summed E-state index contributed by atoms with van der Waals surface area (Å²) in [6.45, 7) is 1.74. The van der Waals surface area contributed by atoms with Crippen molar-refractivity contribution in [3.8, 4) is 0 Å². The minimum absolute atomic E-state index is 0.0619. The SMILES string of the molecule is CSCCC(NC(=O)c1ccccc1)C(=O)NC1(C)CCS(=O)(=O)C1. The Morgan fingerprint density at radius 3 is 2.52 bits per heavy atom. The number of benzene rings is 1. The summed E-state index contributed by atoms with van der Waals surface area (Å²) in [5, 5.41) is 5.60. The third-order valence-electron chi connectivity index (χ3n) is 4.20. The molecule has 2 amide bonds. The molecule has 138 valence electrons. The minimum Gasteiger partial charge on any atom is -0.348 e. The van der Waals surface area contributed by atoms with Crippen LogP contribution in [-0.2, 0) is 14.6 Å². The highest BCUT2D eigenvalue weighted by atomic mass is 32.2. The Hall–Kier alpha value is -1.54. The van der Waals surface area contributed by atoms with E-state index < -0.39 is 21.4 Å². The van der Waals surface area contributed by atoms with Crippen molar-refractivity contribution in [2.45, 2.75) is 31.3 Å². The standard InChI is InChI=1S/C17H24N2O4S2/c1-17(9-11-25(22,23)12-17)19-16(21)14(8-10-24-2)18-15(20)13-6-4-3-5-7-13/h3-7,14H,8-12H2,1-2H3,(H,18,20)(H,19,21). The predicted molar refractivity (Wildman–Crippen MR) is 101 cm³/mol. The van der Waals surface area contributed by atoms with Crippen LogP contribution in [0.4, 0.5) is 0 Å². The van der Waals surface area contributed by atoms with E-state index in [1.165, 1.54) is 0 Å². The van der Waals surface area contributed by atoms with Gasteiger partial charge in [0.2, 0.25) is 5.91 Å². The van der Waals surface area contributed by atoms with E-state index in [0.717, 1.165) is 0 Å². The van der Waals surface area contributed by atoms with Gasteiger partial charge in [-0.2, -0.15) is 11.8 Å². The average molecular weight is 385 g/mol. The molecular formula is C17H24N2O4S2. The molecule has 8 heteroatoms. The number of sulfone groups is 1. The largest absolute Gasteiger partial charge is 0.348 e. The van der Waals surface area contributed by atoms with Crippen LogP contribution in [0.15, 0.2) is 30.3 Å². The van der Waals surface area contributed by atoms with Crippen LogP contribution in [0, 0.1) is 0 Å². The Balaban J connectivity index is 2.06. The summed E-state index contributed by atoms with van der Waals surface area (Å²) in [4.78, 5) is 25.0. The van der Waals surface area contributed by atoms with Crippen LogP contribution in [0.2, 0.25) is 0 Å². The monoisotopic (exact) mass is 384 g/mol. The molecule has 1 aromatic rings. The number of carbonyl (C=O) groups excluding carboxylic acids is 2. The van der Waals surface area contributed by atoms with Crippen LogP contribution in [0.25, 0.3) is 0 Å². The zero-order chi connectivity index (χ0) is 18.5. The molecule has 1 fully saturated rings. The molecule has 0 aromatic heterocycles. The number of rotatable bonds is 7. The van der Waals surface area contributed by atoms with Gasteiger partial charge in [0.15, 0.2) is 9.84 Å². The molecular weight excluding hydrogens is 360 g/mol. The topological polar surface area (TPSA) is 92.3 Å². The lowest BCUT2D eigenvalue weighted by Gasteiger charge is -2.27. The molecule has 1 aliphatic rings. The van der Waals surface area contributed by atoms with E-state index in [-0.39, 0.29) is 23.3 Å². The van der Waals surface area contributed by atoms with Gasteiger partial charge in [-0.15, -0.1) is 0 Å². The maximum absolute atomic E-state index is 12.7. The molecule has 2 atom stereocenters. The number of hydrogen-bond acceptors (Lipinski definition) is 5. The minimum atomic E-state index is -3.11. The molecule has 2 N–H and O–H groups in total. The Bertz CT molecular complexity index is 721. The number of amides is 2. The maximum Gasteiger partial charge on any atom is 0.251 e. The highest BCUT2D eigenvalue weighted by molar-refractivity contribution is 7.98. The van der Waals surface area contributed by atoms with Gasteiger partial charge >= 0.3 is 0 Å². The van der Waals surface area contributed by atoms with Crippen molar-refractivity contribution < 1.29 is 18.0 Å². The van der Waals surface area contributed by atoms with E-state index in [1.54, 1.807) is 43.0 Å². The molecule has 6 nitrogen and oxygen atoms in total. The first kappa shape index (κ1) is 19.8. The highest BCUT2D eigenvalue weighted by Crippen LogP contribution is 2.23. The summed E-state index contributed by atoms with van der Waals surface area (Å²) in [5.74, 6) is 0.0785. The molecule has 0 saturated carbocycles. The van der Waals surface area contributed by atoms with Crippen molar-refractivity contribution in [2.75, 3.05) is 23.5 Å². The normalized spacial score (nSPS) is 23.0. The van der Waals surface area contributed by atoms with Crippen molar-refractivity contribution in [1.82, 2.24) is 10.6 Å². The first-order valence-electron chi connectivity index (χ1n) is 8.12. The molecule has 0 spiro atoms. The fourth-order valence-electron chi connectivity index (χ4n) is 2.83. The number of hydrogen-bond donors (Lipinski definition) is 2. The van der Waals surface area contributed by atoms with E-state index in [2.05, 4.69) is 10.6 Å². The second kappa shape index (κ2) is 8.23. The van der Waals surface area contributed by atoms with Crippen molar-refractivity contribution in [3.63, 3.8) is 0 Å². The average Bonchev–Trinajstić information content (AvgIpc) is 2.84. The Kier molecular flexibility index (Phi) is 6.51. The molecule has 0 aliphatic carbocycles. The van der Waals surface area contributed by atoms with Gasteiger partial charge in [-0.25, -0.2) is 8.42 Å². The first-order chi connectivity index (χ1) is 11.7. The van der Waals surface area contributed by atoms with Crippen LogP contribution in [0.5, 0.6) is 0 Å². The van der Waals surface area contributed by atoms with Gasteiger partial charge < -0.3 is 10.6 Å². The van der Waals surface area contributed by atoms with Crippen LogP contribution >= 0.6 is 11.8 Å². The van der Waals surface area contributed by atoms with Crippen molar-refractivity contribution in [3.05, 3.63) is 35.9 Å². The van der Waals surface area contributed by atoms with Crippen molar-refractivity contribution in [1.29, 1.82) is 0 Å². The molecule has 2 rings (SSSR count). The van der Waals surface area contributed by atoms with Crippen LogP contribution in [0.3, 0.4) is 0 Å². The van der Waals surface area contributed by atoms with E-state index in [9.17, 15) is 18.0 Å². The zero-order valence-electron chi connectivity index (χ0n) is 14.4. The molecule has 1 heterocycles. The summed E-state index contributed by atoms with van der Waals surface area (Å²) >= 11 is 1.58. The molecule has 2 unspecified atom stereocenters.